The maximum atomic E-state index is 11.4. The molecule has 3 N–H and O–H groups in total. The van der Waals surface area contributed by atoms with Gasteiger partial charge in [-0.25, -0.2) is 0 Å². The predicted octanol–water partition coefficient (Wildman–Crippen LogP) is 5.33. The average molecular weight is 419 g/mol. The van der Waals surface area contributed by atoms with Gasteiger partial charge in [0.05, 0.1) is 18.3 Å². The van der Waals surface area contributed by atoms with Crippen LogP contribution in [0.2, 0.25) is 0 Å². The summed E-state index contributed by atoms with van der Waals surface area (Å²) in [5, 5.41) is 32.8. The van der Waals surface area contributed by atoms with Crippen molar-refractivity contribution in [3.05, 3.63) is 11.6 Å². The Morgan fingerprint density at radius 3 is 2.27 bits per heavy atom. The van der Waals surface area contributed by atoms with Crippen LogP contribution in [-0.4, -0.2) is 33.6 Å². The van der Waals surface area contributed by atoms with E-state index in [4.69, 9.17) is 0 Å². The molecule has 3 heteroatoms. The Labute approximate surface area is 184 Å². The standard InChI is InChI=1S/C27H46O3/c1-16(2)7-6-8-17(3)19-9-10-20-23-21(12-14-26(19,20)4)27(5)13-11-18(28)15-22(27)24(29)25(23)30/h7,17-25,28-30H,6,8-15H2,1-5H3/t17-,18-,19-,20?,21?,22?,23?,24+,25-,26-,27-/m1/s1. The van der Waals surface area contributed by atoms with Crippen molar-refractivity contribution in [2.24, 2.45) is 46.3 Å². The number of hydrogen-bond donors (Lipinski definition) is 3. The Morgan fingerprint density at radius 2 is 1.57 bits per heavy atom. The molecular formula is C27H46O3. The highest BCUT2D eigenvalue weighted by molar-refractivity contribution is 5.14. The Hall–Kier alpha value is -0.380. The predicted molar refractivity (Wildman–Crippen MR) is 122 cm³/mol. The minimum Gasteiger partial charge on any atom is -0.393 e. The van der Waals surface area contributed by atoms with E-state index in [2.05, 4.69) is 40.7 Å². The third-order valence-electron chi connectivity index (χ3n) is 10.7. The molecule has 0 amide bonds. The number of aliphatic hydroxyl groups is 3. The van der Waals surface area contributed by atoms with Gasteiger partial charge < -0.3 is 15.3 Å². The third kappa shape index (κ3) is 3.52. The Morgan fingerprint density at radius 1 is 0.900 bits per heavy atom. The molecule has 172 valence electrons. The number of allylic oxidation sites excluding steroid dienone is 2. The summed E-state index contributed by atoms with van der Waals surface area (Å²) >= 11 is 0. The number of fused-ring (bicyclic) bond motifs is 5. The Balaban J connectivity index is 1.56. The first-order valence-corrected chi connectivity index (χ1v) is 12.8. The number of aliphatic hydroxyl groups excluding tert-OH is 3. The van der Waals surface area contributed by atoms with Gasteiger partial charge in [0.25, 0.3) is 0 Å². The zero-order chi connectivity index (χ0) is 21.8. The molecule has 4 aliphatic carbocycles. The van der Waals surface area contributed by atoms with Crippen molar-refractivity contribution in [1.82, 2.24) is 0 Å². The first kappa shape index (κ1) is 22.8. The largest absolute Gasteiger partial charge is 0.393 e. The quantitative estimate of drug-likeness (QED) is 0.541. The van der Waals surface area contributed by atoms with Crippen LogP contribution < -0.4 is 0 Å². The van der Waals surface area contributed by atoms with Crippen molar-refractivity contribution in [3.8, 4) is 0 Å². The van der Waals surface area contributed by atoms with E-state index in [1.807, 2.05) is 0 Å². The smallest absolute Gasteiger partial charge is 0.0836 e. The zero-order valence-corrected chi connectivity index (χ0v) is 20.0. The first-order valence-electron chi connectivity index (χ1n) is 12.8. The fraction of sp³-hybridized carbons (Fsp3) is 0.926. The van der Waals surface area contributed by atoms with E-state index in [1.165, 1.54) is 44.1 Å². The number of hydrogen-bond acceptors (Lipinski definition) is 3. The summed E-state index contributed by atoms with van der Waals surface area (Å²) in [6, 6.07) is 0. The van der Waals surface area contributed by atoms with Gasteiger partial charge >= 0.3 is 0 Å². The van der Waals surface area contributed by atoms with E-state index < -0.39 is 12.2 Å². The molecule has 4 saturated carbocycles. The van der Waals surface area contributed by atoms with Crippen molar-refractivity contribution in [2.45, 2.75) is 111 Å². The molecule has 0 bridgehead atoms. The monoisotopic (exact) mass is 418 g/mol. The van der Waals surface area contributed by atoms with Crippen LogP contribution in [0.3, 0.4) is 0 Å². The van der Waals surface area contributed by atoms with Crippen molar-refractivity contribution in [3.63, 3.8) is 0 Å². The van der Waals surface area contributed by atoms with Gasteiger partial charge in [-0.3, -0.25) is 0 Å². The maximum absolute atomic E-state index is 11.4. The molecule has 4 aliphatic rings. The average Bonchev–Trinajstić information content (AvgIpc) is 3.04. The highest BCUT2D eigenvalue weighted by Crippen LogP contribution is 2.68. The summed E-state index contributed by atoms with van der Waals surface area (Å²) < 4.78 is 0. The molecule has 0 aliphatic heterocycles. The molecule has 4 rings (SSSR count). The van der Waals surface area contributed by atoms with Crippen LogP contribution in [-0.2, 0) is 0 Å². The molecule has 0 aromatic rings. The molecule has 4 unspecified atom stereocenters. The summed E-state index contributed by atoms with van der Waals surface area (Å²) in [5.41, 5.74) is 1.78. The molecule has 4 fully saturated rings. The van der Waals surface area contributed by atoms with Crippen molar-refractivity contribution < 1.29 is 15.3 Å². The first-order chi connectivity index (χ1) is 14.1. The second-order valence-corrected chi connectivity index (χ2v) is 12.4. The molecule has 0 saturated heterocycles. The maximum Gasteiger partial charge on any atom is 0.0836 e. The van der Waals surface area contributed by atoms with E-state index in [0.717, 1.165) is 18.8 Å². The third-order valence-corrected chi connectivity index (χ3v) is 10.7. The summed E-state index contributed by atoms with van der Waals surface area (Å²) in [6.07, 6.45) is 10.6. The molecule has 0 spiro atoms. The minimum absolute atomic E-state index is 0.0436. The second-order valence-electron chi connectivity index (χ2n) is 12.4. The Bertz CT molecular complexity index is 654. The lowest BCUT2D eigenvalue weighted by molar-refractivity contribution is -0.223. The minimum atomic E-state index is -0.678. The van der Waals surface area contributed by atoms with Crippen LogP contribution in [0.5, 0.6) is 0 Å². The fourth-order valence-electron chi connectivity index (χ4n) is 9.05. The molecule has 11 atom stereocenters. The lowest BCUT2D eigenvalue weighted by atomic mass is 9.43. The summed E-state index contributed by atoms with van der Waals surface area (Å²) in [5.74, 6) is 2.74. The van der Waals surface area contributed by atoms with Crippen LogP contribution in [0.1, 0.15) is 92.4 Å². The van der Waals surface area contributed by atoms with Gasteiger partial charge in [0.1, 0.15) is 0 Å². The molecular weight excluding hydrogens is 372 g/mol. The van der Waals surface area contributed by atoms with E-state index in [1.54, 1.807) is 0 Å². The van der Waals surface area contributed by atoms with Gasteiger partial charge in [-0.2, -0.15) is 0 Å². The lowest BCUT2D eigenvalue weighted by Gasteiger charge is -2.63. The van der Waals surface area contributed by atoms with E-state index in [-0.39, 0.29) is 23.4 Å². The molecule has 0 aromatic heterocycles. The van der Waals surface area contributed by atoms with Crippen LogP contribution in [0.4, 0.5) is 0 Å². The highest BCUT2D eigenvalue weighted by Gasteiger charge is 2.65. The molecule has 3 nitrogen and oxygen atoms in total. The molecule has 0 aromatic carbocycles. The highest BCUT2D eigenvalue weighted by atomic mass is 16.3. The van der Waals surface area contributed by atoms with E-state index >= 15 is 0 Å². The lowest BCUT2D eigenvalue weighted by Crippen LogP contribution is -2.64. The topological polar surface area (TPSA) is 60.7 Å². The summed E-state index contributed by atoms with van der Waals surface area (Å²) in [6.45, 7) is 11.7. The molecule has 0 heterocycles. The zero-order valence-electron chi connectivity index (χ0n) is 20.0. The Kier molecular flexibility index (Phi) is 6.23. The van der Waals surface area contributed by atoms with Gasteiger partial charge in [-0.1, -0.05) is 32.4 Å². The second kappa shape index (κ2) is 8.19. The van der Waals surface area contributed by atoms with Crippen LogP contribution in [0.25, 0.3) is 0 Å². The van der Waals surface area contributed by atoms with Crippen LogP contribution in [0, 0.1) is 46.3 Å². The van der Waals surface area contributed by atoms with Gasteiger partial charge in [0.2, 0.25) is 0 Å². The van der Waals surface area contributed by atoms with Gasteiger partial charge in [0, 0.05) is 0 Å². The molecule has 30 heavy (non-hydrogen) atoms. The summed E-state index contributed by atoms with van der Waals surface area (Å²) in [7, 11) is 0. The van der Waals surface area contributed by atoms with Crippen LogP contribution in [0.15, 0.2) is 11.6 Å². The van der Waals surface area contributed by atoms with Crippen molar-refractivity contribution in [2.75, 3.05) is 0 Å². The fourth-order valence-corrected chi connectivity index (χ4v) is 9.05. The van der Waals surface area contributed by atoms with Crippen LogP contribution >= 0.6 is 0 Å². The van der Waals surface area contributed by atoms with E-state index in [9.17, 15) is 15.3 Å². The van der Waals surface area contributed by atoms with Gasteiger partial charge in [-0.15, -0.1) is 0 Å². The SMILES string of the molecule is CC(C)=CCC[C@@H](C)[C@H]1CCC2C3C(CC[C@@]21C)[C@@]1(C)CC[C@@H](O)CC1[C@H](O)[C@@H]3O. The number of rotatable bonds is 4. The van der Waals surface area contributed by atoms with Crippen molar-refractivity contribution >= 4 is 0 Å². The van der Waals surface area contributed by atoms with Gasteiger partial charge in [-0.05, 0) is 118 Å². The normalized spacial score (nSPS) is 51.5. The van der Waals surface area contributed by atoms with E-state index in [0.29, 0.717) is 29.6 Å². The van der Waals surface area contributed by atoms with Gasteiger partial charge in [0.15, 0.2) is 0 Å². The van der Waals surface area contributed by atoms with Crippen molar-refractivity contribution in [1.29, 1.82) is 0 Å². The summed E-state index contributed by atoms with van der Waals surface area (Å²) in [4.78, 5) is 0. The molecule has 0 radical (unpaired) electrons.